The first-order valence-corrected chi connectivity index (χ1v) is 9.70. The molecule has 140 valence electrons. The predicted octanol–water partition coefficient (Wildman–Crippen LogP) is 4.65. The molecule has 1 aromatic heterocycles. The van der Waals surface area contributed by atoms with Gasteiger partial charge in [-0.25, -0.2) is 0 Å². The van der Waals surface area contributed by atoms with E-state index in [1.807, 2.05) is 59.0 Å². The molecule has 0 aliphatic carbocycles. The van der Waals surface area contributed by atoms with Crippen LogP contribution in [0.4, 0.5) is 0 Å². The number of carbonyl (C=O) groups is 1. The van der Waals surface area contributed by atoms with Crippen molar-refractivity contribution in [1.82, 2.24) is 9.47 Å². The van der Waals surface area contributed by atoms with Gasteiger partial charge >= 0.3 is 0 Å². The Morgan fingerprint density at radius 1 is 1.07 bits per heavy atom. The maximum absolute atomic E-state index is 13.1. The van der Waals surface area contributed by atoms with Crippen LogP contribution in [0.2, 0.25) is 5.02 Å². The van der Waals surface area contributed by atoms with E-state index in [2.05, 4.69) is 12.1 Å². The molecule has 4 nitrogen and oxygen atoms in total. The van der Waals surface area contributed by atoms with Crippen LogP contribution >= 0.6 is 11.6 Å². The number of likely N-dealkylation sites (tertiary alicyclic amines) is 1. The molecule has 0 spiro atoms. The second-order valence-corrected chi connectivity index (χ2v) is 7.40. The summed E-state index contributed by atoms with van der Waals surface area (Å²) in [4.78, 5) is 15.0. The highest BCUT2D eigenvalue weighted by Gasteiger charge is 2.28. The molecular formula is C22H23ClN2O2. The molecule has 0 radical (unpaired) electrons. The van der Waals surface area contributed by atoms with E-state index in [9.17, 15) is 4.79 Å². The lowest BCUT2D eigenvalue weighted by Crippen LogP contribution is -2.41. The molecule has 0 unspecified atom stereocenters. The van der Waals surface area contributed by atoms with Gasteiger partial charge in [0, 0.05) is 31.0 Å². The summed E-state index contributed by atoms with van der Waals surface area (Å²) in [6, 6.07) is 18.0. The number of aromatic nitrogens is 1. The van der Waals surface area contributed by atoms with Gasteiger partial charge in [0.2, 0.25) is 0 Å². The molecular weight excluding hydrogens is 360 g/mol. The minimum atomic E-state index is 0.000194. The van der Waals surface area contributed by atoms with Crippen LogP contribution in [0.15, 0.2) is 54.6 Å². The van der Waals surface area contributed by atoms with Crippen LogP contribution in [0.1, 0.15) is 28.9 Å². The Hall–Kier alpha value is -2.30. The quantitative estimate of drug-likeness (QED) is 0.658. The molecule has 5 heteroatoms. The highest BCUT2D eigenvalue weighted by Crippen LogP contribution is 2.31. The molecule has 0 bridgehead atoms. The Labute approximate surface area is 164 Å². The molecule has 2 heterocycles. The van der Waals surface area contributed by atoms with Crippen LogP contribution in [0.25, 0.3) is 10.9 Å². The van der Waals surface area contributed by atoms with Gasteiger partial charge in [0.1, 0.15) is 5.69 Å². The Kier molecular flexibility index (Phi) is 5.19. The summed E-state index contributed by atoms with van der Waals surface area (Å²) in [5.74, 6) is 0.000194. The first-order valence-electron chi connectivity index (χ1n) is 9.33. The van der Waals surface area contributed by atoms with Crippen LogP contribution < -0.4 is 0 Å². The lowest BCUT2D eigenvalue weighted by Gasteiger charge is -2.32. The minimum absolute atomic E-state index is 0.000194. The third kappa shape index (κ3) is 3.60. The number of hydrogen-bond donors (Lipinski definition) is 0. The van der Waals surface area contributed by atoms with Crippen molar-refractivity contribution in [2.75, 3.05) is 13.1 Å². The monoisotopic (exact) mass is 382 g/mol. The normalized spacial score (nSPS) is 15.4. The minimum Gasteiger partial charge on any atom is -0.373 e. The van der Waals surface area contributed by atoms with E-state index in [-0.39, 0.29) is 12.0 Å². The number of carbonyl (C=O) groups excluding carboxylic acids is 1. The molecule has 2 aromatic carbocycles. The number of fused-ring (bicyclic) bond motifs is 1. The third-order valence-corrected chi connectivity index (χ3v) is 5.69. The van der Waals surface area contributed by atoms with Crippen molar-refractivity contribution in [2.45, 2.75) is 25.6 Å². The standard InChI is InChI=1S/C22H23ClN2O2/c1-24-19-10-6-5-9-18(19)20(23)21(24)22(26)25-13-11-17(12-14-25)27-15-16-7-3-2-4-8-16/h2-10,17H,11-15H2,1H3. The van der Waals surface area contributed by atoms with Gasteiger partial charge in [-0.1, -0.05) is 60.1 Å². The van der Waals surface area contributed by atoms with E-state index < -0.39 is 0 Å². The zero-order valence-corrected chi connectivity index (χ0v) is 16.2. The number of hydrogen-bond acceptors (Lipinski definition) is 2. The molecule has 1 amide bonds. The molecule has 1 aliphatic rings. The van der Waals surface area contributed by atoms with E-state index in [0.717, 1.165) is 23.7 Å². The maximum atomic E-state index is 13.1. The summed E-state index contributed by atoms with van der Waals surface area (Å²) in [5, 5.41) is 1.46. The number of aryl methyl sites for hydroxylation is 1. The van der Waals surface area contributed by atoms with Crippen LogP contribution in [0.3, 0.4) is 0 Å². The van der Waals surface area contributed by atoms with Gasteiger partial charge in [-0.2, -0.15) is 0 Å². The maximum Gasteiger partial charge on any atom is 0.272 e. The second-order valence-electron chi connectivity index (χ2n) is 7.03. The Morgan fingerprint density at radius 3 is 2.44 bits per heavy atom. The Bertz CT molecular complexity index is 905. The van der Waals surface area contributed by atoms with Crippen LogP contribution in [0.5, 0.6) is 0 Å². The number of ether oxygens (including phenoxy) is 1. The molecule has 1 aliphatic heterocycles. The number of halogens is 1. The Balaban J connectivity index is 1.40. The molecule has 1 saturated heterocycles. The Morgan fingerprint density at radius 2 is 1.74 bits per heavy atom. The van der Waals surface area contributed by atoms with Crippen molar-refractivity contribution in [2.24, 2.45) is 7.05 Å². The molecule has 3 aromatic rings. The SMILES string of the molecule is Cn1c(C(=O)N2CCC(OCc3ccccc3)CC2)c(Cl)c2ccccc21. The highest BCUT2D eigenvalue weighted by molar-refractivity contribution is 6.38. The van der Waals surface area contributed by atoms with Crippen molar-refractivity contribution in [1.29, 1.82) is 0 Å². The van der Waals surface area contributed by atoms with Gasteiger partial charge in [0.15, 0.2) is 0 Å². The topological polar surface area (TPSA) is 34.5 Å². The van der Waals surface area contributed by atoms with E-state index >= 15 is 0 Å². The van der Waals surface area contributed by atoms with Gasteiger partial charge in [0.25, 0.3) is 5.91 Å². The number of benzene rings is 2. The lowest BCUT2D eigenvalue weighted by molar-refractivity contribution is -0.000567. The van der Waals surface area contributed by atoms with Crippen LogP contribution in [-0.2, 0) is 18.4 Å². The average Bonchev–Trinajstić information content (AvgIpc) is 2.98. The van der Waals surface area contributed by atoms with Gasteiger partial charge in [-0.15, -0.1) is 0 Å². The summed E-state index contributed by atoms with van der Waals surface area (Å²) >= 11 is 6.53. The number of amides is 1. The van der Waals surface area contributed by atoms with Crippen molar-refractivity contribution in [3.05, 3.63) is 70.9 Å². The molecule has 27 heavy (non-hydrogen) atoms. The highest BCUT2D eigenvalue weighted by atomic mass is 35.5. The van der Waals surface area contributed by atoms with E-state index in [0.29, 0.717) is 30.4 Å². The predicted molar refractivity (Wildman–Crippen MR) is 108 cm³/mol. The summed E-state index contributed by atoms with van der Waals surface area (Å²) in [5.41, 5.74) is 2.73. The fraction of sp³-hybridized carbons (Fsp3) is 0.318. The zero-order valence-electron chi connectivity index (χ0n) is 15.4. The van der Waals surface area contributed by atoms with Gasteiger partial charge in [-0.05, 0) is 24.5 Å². The first-order chi connectivity index (χ1) is 13.1. The van der Waals surface area contributed by atoms with Gasteiger partial charge in [0.05, 0.1) is 17.7 Å². The molecule has 1 fully saturated rings. The van der Waals surface area contributed by atoms with E-state index in [1.165, 1.54) is 5.56 Å². The summed E-state index contributed by atoms with van der Waals surface area (Å²) < 4.78 is 7.93. The summed E-state index contributed by atoms with van der Waals surface area (Å²) in [7, 11) is 1.90. The first kappa shape index (κ1) is 18.1. The number of piperidine rings is 1. The van der Waals surface area contributed by atoms with Crippen molar-refractivity contribution in [3.8, 4) is 0 Å². The summed E-state index contributed by atoms with van der Waals surface area (Å²) in [6.07, 6.45) is 1.89. The molecule has 0 N–H and O–H groups in total. The fourth-order valence-corrected chi connectivity index (χ4v) is 4.12. The van der Waals surface area contributed by atoms with E-state index in [4.69, 9.17) is 16.3 Å². The number of rotatable bonds is 4. The number of nitrogens with zero attached hydrogens (tertiary/aromatic N) is 2. The second kappa shape index (κ2) is 7.75. The van der Waals surface area contributed by atoms with Crippen molar-refractivity contribution < 1.29 is 9.53 Å². The average molecular weight is 383 g/mol. The van der Waals surface area contributed by atoms with Crippen molar-refractivity contribution in [3.63, 3.8) is 0 Å². The van der Waals surface area contributed by atoms with Gasteiger partial charge in [-0.3, -0.25) is 4.79 Å². The van der Waals surface area contributed by atoms with E-state index in [1.54, 1.807) is 0 Å². The smallest absolute Gasteiger partial charge is 0.272 e. The molecule has 0 atom stereocenters. The van der Waals surface area contributed by atoms with Crippen molar-refractivity contribution >= 4 is 28.4 Å². The lowest BCUT2D eigenvalue weighted by atomic mass is 10.1. The summed E-state index contributed by atoms with van der Waals surface area (Å²) in [6.45, 7) is 2.00. The molecule has 0 saturated carbocycles. The largest absolute Gasteiger partial charge is 0.373 e. The van der Waals surface area contributed by atoms with Crippen LogP contribution in [0, 0.1) is 0 Å². The zero-order chi connectivity index (χ0) is 18.8. The molecule has 4 rings (SSSR count). The fourth-order valence-electron chi connectivity index (χ4n) is 3.75. The third-order valence-electron chi connectivity index (χ3n) is 5.31. The van der Waals surface area contributed by atoms with Crippen LogP contribution in [-0.4, -0.2) is 34.6 Å². The number of para-hydroxylation sites is 1. The van der Waals surface area contributed by atoms with Gasteiger partial charge < -0.3 is 14.2 Å².